The molecule has 2 aliphatic rings. The summed E-state index contributed by atoms with van der Waals surface area (Å²) in [7, 11) is 0. The third-order valence-electron chi connectivity index (χ3n) is 10.9. The van der Waals surface area contributed by atoms with Crippen molar-refractivity contribution >= 4 is 64.3 Å². The van der Waals surface area contributed by atoms with Crippen molar-refractivity contribution in [3.8, 4) is 11.1 Å². The van der Waals surface area contributed by atoms with Crippen molar-refractivity contribution in [1.82, 2.24) is 16.0 Å². The van der Waals surface area contributed by atoms with Gasteiger partial charge in [-0.1, -0.05) is 103 Å². The molecular formula is C50H50N4O11S. The van der Waals surface area contributed by atoms with Gasteiger partial charge < -0.3 is 35.8 Å². The normalized spacial score (nSPS) is 21.0. The number of anilines is 1. The maximum absolute atomic E-state index is 14.6. The van der Waals surface area contributed by atoms with E-state index in [1.807, 2.05) is 72.8 Å². The number of ether oxygens (including phenoxy) is 2. The van der Waals surface area contributed by atoms with Gasteiger partial charge in [0.15, 0.2) is 5.78 Å². The molecule has 0 saturated heterocycles. The molecule has 16 heteroatoms. The molecule has 4 aromatic carbocycles. The van der Waals surface area contributed by atoms with Crippen LogP contribution in [0.5, 0.6) is 0 Å². The third-order valence-corrected chi connectivity index (χ3v) is 11.8. The summed E-state index contributed by atoms with van der Waals surface area (Å²) in [5.74, 6) is -8.80. The van der Waals surface area contributed by atoms with Crippen molar-refractivity contribution in [1.29, 1.82) is 0 Å². The number of carbonyl (C=O) groups is 8. The van der Waals surface area contributed by atoms with Gasteiger partial charge in [0, 0.05) is 43.7 Å². The molecule has 5 N–H and O–H groups in total. The molecule has 0 aliphatic carbocycles. The molecular weight excluding hydrogens is 865 g/mol. The van der Waals surface area contributed by atoms with Crippen LogP contribution >= 0.6 is 11.3 Å². The Balaban J connectivity index is 1.41. The summed E-state index contributed by atoms with van der Waals surface area (Å²) < 4.78 is 10.6. The molecule has 0 spiro atoms. The lowest BCUT2D eigenvalue weighted by molar-refractivity contribution is -0.173. The number of hydrogen-bond donors (Lipinski definition) is 5. The summed E-state index contributed by atoms with van der Waals surface area (Å²) in [6.45, 7) is 1.98. The summed E-state index contributed by atoms with van der Waals surface area (Å²) >= 11 is 1.28. The zero-order valence-corrected chi connectivity index (χ0v) is 37.1. The molecule has 1 aromatic heterocycles. The number of fused-ring (bicyclic) bond motifs is 18. The number of aryl methyl sites for hydroxylation is 1. The fourth-order valence-corrected chi connectivity index (χ4v) is 8.28. The van der Waals surface area contributed by atoms with Crippen molar-refractivity contribution in [3.63, 3.8) is 0 Å². The van der Waals surface area contributed by atoms with Gasteiger partial charge >= 0.3 is 17.9 Å². The summed E-state index contributed by atoms with van der Waals surface area (Å²) in [5.41, 5.74) is 4.01. The summed E-state index contributed by atoms with van der Waals surface area (Å²) in [4.78, 5) is 110. The second-order valence-electron chi connectivity index (χ2n) is 15.9. The second-order valence-corrected chi connectivity index (χ2v) is 16.9. The number of Topliss-reactive ketones (excluding diaryl/α,β-unsaturated/α-hetero) is 1. The molecule has 0 radical (unpaired) electrons. The van der Waals surface area contributed by atoms with Crippen LogP contribution < -0.4 is 21.3 Å². The minimum absolute atomic E-state index is 0.0791. The highest BCUT2D eigenvalue weighted by molar-refractivity contribution is 7.09. The molecule has 15 nitrogen and oxygen atoms in total. The molecule has 2 bridgehead atoms. The fraction of sp³-hybridized carbons (Fsp3) is 0.280. The number of aliphatic carboxylic acids is 1. The standard InChI is InChI=1S/C50H50N4O11S/c1-30(55)64-44-45(65-31(2)56)49(61)54-42(29-39-14-9-25-66-39)47(59)53-41(27-34-15-20-36(21-16-34)35-12-7-4-8-13-35)46(58)52-40(24-19-32-10-5-3-6-11-32)43(57)28-37(50(62)63)26-33-17-22-38(23-18-33)51-48(44)60/h3-18,20-23,25,37,40-42,44-45H,19,24,26-29H2,1-2H3,(H,51,60)(H,52,58)(H,53,59)(H,54,61)(H,62,63)/t37-,40+,41-,42+,44+,45+/m0/s1. The Morgan fingerprint density at radius 2 is 1.15 bits per heavy atom. The van der Waals surface area contributed by atoms with Crippen molar-refractivity contribution in [2.75, 3.05) is 5.32 Å². The summed E-state index contributed by atoms with van der Waals surface area (Å²) in [6.07, 6.45) is -4.40. The third kappa shape index (κ3) is 13.8. The molecule has 5 aromatic rings. The Bertz CT molecular complexity index is 2500. The van der Waals surface area contributed by atoms with Crippen LogP contribution in [0.25, 0.3) is 11.1 Å². The van der Waals surface area contributed by atoms with Gasteiger partial charge in [0.25, 0.3) is 11.8 Å². The average Bonchev–Trinajstić information content (AvgIpc) is 3.82. The van der Waals surface area contributed by atoms with E-state index in [0.717, 1.165) is 30.5 Å². The number of nitrogens with one attached hydrogen (secondary N) is 4. The first-order valence-corrected chi connectivity index (χ1v) is 22.2. The quantitative estimate of drug-likeness (QED) is 0.0876. The Labute approximate surface area is 385 Å². The zero-order chi connectivity index (χ0) is 47.2. The molecule has 6 atom stereocenters. The van der Waals surface area contributed by atoms with Crippen molar-refractivity contribution in [2.45, 2.75) is 82.7 Å². The van der Waals surface area contributed by atoms with Crippen LogP contribution in [0.4, 0.5) is 5.69 Å². The minimum atomic E-state index is -2.09. The number of amides is 4. The minimum Gasteiger partial charge on any atom is -0.481 e. The van der Waals surface area contributed by atoms with E-state index in [0.29, 0.717) is 22.4 Å². The molecule has 7 rings (SSSR count). The van der Waals surface area contributed by atoms with E-state index in [2.05, 4.69) is 21.3 Å². The van der Waals surface area contributed by atoms with E-state index in [1.165, 1.54) is 35.6 Å². The number of benzene rings is 4. The van der Waals surface area contributed by atoms with Crippen LogP contribution in [-0.2, 0) is 73.5 Å². The number of carboxylic acid groups (broad SMARTS) is 1. The number of carbonyl (C=O) groups excluding carboxylic acids is 7. The van der Waals surface area contributed by atoms with Gasteiger partial charge in [-0.05, 0) is 70.7 Å². The topological polar surface area (TPSA) is 223 Å². The molecule has 0 saturated carbocycles. The van der Waals surface area contributed by atoms with Crippen molar-refractivity contribution in [3.05, 3.63) is 148 Å². The molecule has 66 heavy (non-hydrogen) atoms. The van der Waals surface area contributed by atoms with Gasteiger partial charge in [-0.2, -0.15) is 0 Å². The van der Waals surface area contributed by atoms with Crippen LogP contribution in [0.2, 0.25) is 0 Å². The maximum Gasteiger partial charge on any atom is 0.307 e. The van der Waals surface area contributed by atoms with Gasteiger partial charge in [0.05, 0.1) is 12.0 Å². The number of carboxylic acids is 1. The first kappa shape index (κ1) is 48.0. The largest absolute Gasteiger partial charge is 0.481 e. The average molecular weight is 915 g/mol. The van der Waals surface area contributed by atoms with Crippen LogP contribution in [0, 0.1) is 5.92 Å². The van der Waals surface area contributed by atoms with Crippen LogP contribution in [-0.4, -0.2) is 82.8 Å². The highest BCUT2D eigenvalue weighted by Gasteiger charge is 2.41. The predicted molar refractivity (Wildman–Crippen MR) is 245 cm³/mol. The lowest BCUT2D eigenvalue weighted by Gasteiger charge is -2.28. The Kier molecular flexibility index (Phi) is 16.7. The highest BCUT2D eigenvalue weighted by atomic mass is 32.1. The summed E-state index contributed by atoms with van der Waals surface area (Å²) in [5, 5.41) is 22.8. The van der Waals surface area contributed by atoms with E-state index >= 15 is 0 Å². The van der Waals surface area contributed by atoms with Crippen molar-refractivity contribution < 1.29 is 52.9 Å². The van der Waals surface area contributed by atoms with Crippen LogP contribution in [0.15, 0.2) is 127 Å². The SMILES string of the molecule is CC(=O)O[C@H]1C(=O)Nc2ccc(cc2)C[C@H](C(=O)O)CC(=O)[C@@H](CCc2ccccc2)NC(=O)[C@H](Cc2ccc(-c3ccccc3)cc2)NC(=O)[C@@H](Cc2cccs2)NC(=O)[C@@H]1OC(C)=O. The van der Waals surface area contributed by atoms with E-state index in [9.17, 15) is 43.5 Å². The first-order valence-electron chi connectivity index (χ1n) is 21.3. The van der Waals surface area contributed by atoms with E-state index in [4.69, 9.17) is 9.47 Å². The lowest BCUT2D eigenvalue weighted by atomic mass is 9.90. The Morgan fingerprint density at radius 3 is 1.74 bits per heavy atom. The Hall–Kier alpha value is -7.46. The summed E-state index contributed by atoms with van der Waals surface area (Å²) in [6, 6.07) is 31.7. The molecule has 0 unspecified atom stereocenters. The molecule has 342 valence electrons. The van der Waals surface area contributed by atoms with E-state index in [1.54, 1.807) is 29.6 Å². The van der Waals surface area contributed by atoms with Crippen LogP contribution in [0.1, 0.15) is 48.3 Å². The predicted octanol–water partition coefficient (Wildman–Crippen LogP) is 5.01. The lowest BCUT2D eigenvalue weighted by Crippen LogP contribution is -2.59. The van der Waals surface area contributed by atoms with Gasteiger partial charge in [0.1, 0.15) is 12.1 Å². The number of ketones is 1. The molecule has 0 fully saturated rings. The highest BCUT2D eigenvalue weighted by Crippen LogP contribution is 2.23. The monoisotopic (exact) mass is 914 g/mol. The van der Waals surface area contributed by atoms with E-state index in [-0.39, 0.29) is 31.4 Å². The smallest absolute Gasteiger partial charge is 0.307 e. The fourth-order valence-electron chi connectivity index (χ4n) is 7.53. The van der Waals surface area contributed by atoms with Gasteiger partial charge in [-0.15, -0.1) is 11.3 Å². The number of esters is 2. The van der Waals surface area contributed by atoms with Crippen LogP contribution in [0.3, 0.4) is 0 Å². The van der Waals surface area contributed by atoms with Crippen molar-refractivity contribution in [2.24, 2.45) is 5.92 Å². The maximum atomic E-state index is 14.6. The number of thiophene rings is 1. The number of rotatable bonds is 11. The molecule has 3 heterocycles. The van der Waals surface area contributed by atoms with Gasteiger partial charge in [0.2, 0.25) is 24.0 Å². The molecule has 4 amide bonds. The first-order chi connectivity index (χ1) is 31.7. The zero-order valence-electron chi connectivity index (χ0n) is 36.3. The van der Waals surface area contributed by atoms with Gasteiger partial charge in [-0.25, -0.2) is 0 Å². The second kappa shape index (κ2) is 22.9. The Morgan fingerprint density at radius 1 is 0.591 bits per heavy atom. The molecule has 2 aliphatic heterocycles. The van der Waals surface area contributed by atoms with E-state index < -0.39 is 90.0 Å². The van der Waals surface area contributed by atoms with Gasteiger partial charge in [-0.3, -0.25) is 38.4 Å². The number of hydrogen-bond acceptors (Lipinski definition) is 11.